The van der Waals surface area contributed by atoms with E-state index in [1.165, 1.54) is 4.90 Å². The molecule has 0 aromatic heterocycles. The molecule has 0 bridgehead atoms. The first-order valence-corrected chi connectivity index (χ1v) is 7.06. The van der Waals surface area contributed by atoms with Gasteiger partial charge in [-0.25, -0.2) is 4.79 Å². The Morgan fingerprint density at radius 2 is 1.85 bits per heavy atom. The lowest BCUT2D eigenvalue weighted by Gasteiger charge is -2.28. The molecule has 0 aliphatic carbocycles. The van der Waals surface area contributed by atoms with Crippen LogP contribution in [0, 0.1) is 0 Å². The van der Waals surface area contributed by atoms with Crippen molar-refractivity contribution < 1.29 is 14.3 Å². The molecule has 2 unspecified atom stereocenters. The second-order valence-electron chi connectivity index (χ2n) is 4.50. The van der Waals surface area contributed by atoms with Crippen LogP contribution in [0.4, 0.5) is 0 Å². The molecule has 20 heavy (non-hydrogen) atoms. The normalized spacial score (nSPS) is 13.4. The van der Waals surface area contributed by atoms with Crippen molar-refractivity contribution in [2.75, 3.05) is 6.61 Å². The number of halogens is 1. The monoisotopic (exact) mass is 297 g/mol. The third-order valence-corrected chi connectivity index (χ3v) is 3.10. The van der Waals surface area contributed by atoms with Gasteiger partial charge in [-0.15, -0.1) is 11.6 Å². The number of benzene rings is 1. The number of ether oxygens (including phenoxy) is 1. The SMILES string of the molecule is CCOC(=O)C(C)N(Cc1ccccc1)C(=O)C(C)Cl. The summed E-state index contributed by atoms with van der Waals surface area (Å²) in [5, 5.41) is -0.685. The minimum Gasteiger partial charge on any atom is -0.464 e. The summed E-state index contributed by atoms with van der Waals surface area (Å²) in [6, 6.07) is 8.81. The van der Waals surface area contributed by atoms with E-state index in [1.54, 1.807) is 20.8 Å². The quantitative estimate of drug-likeness (QED) is 0.599. The van der Waals surface area contributed by atoms with Crippen LogP contribution < -0.4 is 0 Å². The zero-order valence-corrected chi connectivity index (χ0v) is 12.8. The predicted octanol–water partition coefficient (Wildman–Crippen LogP) is 2.59. The van der Waals surface area contributed by atoms with E-state index in [0.29, 0.717) is 6.54 Å². The summed E-state index contributed by atoms with van der Waals surface area (Å²) in [6.07, 6.45) is 0. The van der Waals surface area contributed by atoms with Gasteiger partial charge >= 0.3 is 5.97 Å². The van der Waals surface area contributed by atoms with E-state index in [9.17, 15) is 9.59 Å². The third kappa shape index (κ3) is 4.53. The van der Waals surface area contributed by atoms with Crippen LogP contribution in [-0.4, -0.2) is 34.8 Å². The fourth-order valence-corrected chi connectivity index (χ4v) is 1.93. The molecule has 0 fully saturated rings. The predicted molar refractivity (Wildman–Crippen MR) is 78.4 cm³/mol. The second kappa shape index (κ2) is 7.90. The Morgan fingerprint density at radius 1 is 1.25 bits per heavy atom. The highest BCUT2D eigenvalue weighted by molar-refractivity contribution is 6.30. The molecule has 0 N–H and O–H groups in total. The van der Waals surface area contributed by atoms with Gasteiger partial charge in [0, 0.05) is 6.54 Å². The molecule has 0 heterocycles. The van der Waals surface area contributed by atoms with Gasteiger partial charge in [0.2, 0.25) is 5.91 Å². The fraction of sp³-hybridized carbons (Fsp3) is 0.467. The van der Waals surface area contributed by atoms with E-state index < -0.39 is 17.4 Å². The van der Waals surface area contributed by atoms with Crippen LogP contribution in [0.3, 0.4) is 0 Å². The van der Waals surface area contributed by atoms with Crippen molar-refractivity contribution in [2.24, 2.45) is 0 Å². The first kappa shape index (κ1) is 16.5. The van der Waals surface area contributed by atoms with Gasteiger partial charge in [0.15, 0.2) is 0 Å². The molecule has 4 nitrogen and oxygen atoms in total. The zero-order chi connectivity index (χ0) is 15.1. The minimum absolute atomic E-state index is 0.281. The van der Waals surface area contributed by atoms with Gasteiger partial charge in [0.25, 0.3) is 0 Å². The molecule has 0 aliphatic heterocycles. The molecule has 1 rings (SSSR count). The summed E-state index contributed by atoms with van der Waals surface area (Å²) in [6.45, 7) is 5.60. The lowest BCUT2D eigenvalue weighted by Crippen LogP contribution is -2.46. The van der Waals surface area contributed by atoms with Crippen LogP contribution in [-0.2, 0) is 20.9 Å². The highest BCUT2D eigenvalue weighted by Crippen LogP contribution is 2.13. The zero-order valence-electron chi connectivity index (χ0n) is 12.0. The number of hydrogen-bond donors (Lipinski definition) is 0. The van der Waals surface area contributed by atoms with Gasteiger partial charge in [-0.3, -0.25) is 4.79 Å². The Hall–Kier alpha value is -1.55. The molecule has 0 radical (unpaired) electrons. The Morgan fingerprint density at radius 3 is 2.35 bits per heavy atom. The second-order valence-corrected chi connectivity index (χ2v) is 5.15. The minimum atomic E-state index is -0.685. The first-order chi connectivity index (χ1) is 9.47. The van der Waals surface area contributed by atoms with Gasteiger partial charge in [-0.2, -0.15) is 0 Å². The number of carbonyl (C=O) groups excluding carboxylic acids is 2. The van der Waals surface area contributed by atoms with Gasteiger partial charge in [-0.05, 0) is 26.3 Å². The standard InChI is InChI=1S/C15H20ClNO3/c1-4-20-15(19)12(3)17(14(18)11(2)16)10-13-8-6-5-7-9-13/h5-9,11-12H,4,10H2,1-3H3. The average molecular weight is 298 g/mol. The van der Waals surface area contributed by atoms with E-state index in [4.69, 9.17) is 16.3 Å². The van der Waals surface area contributed by atoms with Crippen molar-refractivity contribution >= 4 is 23.5 Å². The van der Waals surface area contributed by atoms with Crippen molar-refractivity contribution in [3.05, 3.63) is 35.9 Å². The number of rotatable bonds is 6. The van der Waals surface area contributed by atoms with Gasteiger partial charge in [-0.1, -0.05) is 30.3 Å². The number of alkyl halides is 1. The Labute approximate surface area is 124 Å². The lowest BCUT2D eigenvalue weighted by atomic mass is 10.1. The molecule has 2 atom stereocenters. The first-order valence-electron chi connectivity index (χ1n) is 6.62. The maximum Gasteiger partial charge on any atom is 0.328 e. The van der Waals surface area contributed by atoms with Gasteiger partial charge in [0.05, 0.1) is 6.61 Å². The van der Waals surface area contributed by atoms with Crippen molar-refractivity contribution in [1.29, 1.82) is 0 Å². The topological polar surface area (TPSA) is 46.6 Å². The summed E-state index contributed by atoms with van der Waals surface area (Å²) in [5.41, 5.74) is 0.939. The number of carbonyl (C=O) groups is 2. The van der Waals surface area contributed by atoms with E-state index in [0.717, 1.165) is 5.56 Å². The van der Waals surface area contributed by atoms with E-state index >= 15 is 0 Å². The lowest BCUT2D eigenvalue weighted by molar-refractivity contribution is -0.154. The van der Waals surface area contributed by atoms with E-state index in [-0.39, 0.29) is 12.5 Å². The summed E-state index contributed by atoms with van der Waals surface area (Å²) < 4.78 is 4.98. The Balaban J connectivity index is 2.91. The smallest absolute Gasteiger partial charge is 0.328 e. The largest absolute Gasteiger partial charge is 0.464 e. The molecule has 1 aromatic rings. The molecule has 0 spiro atoms. The van der Waals surface area contributed by atoms with Crippen LogP contribution in [0.1, 0.15) is 26.3 Å². The maximum absolute atomic E-state index is 12.2. The molecule has 1 aromatic carbocycles. The number of amides is 1. The van der Waals surface area contributed by atoms with Crippen LogP contribution >= 0.6 is 11.6 Å². The maximum atomic E-state index is 12.2. The van der Waals surface area contributed by atoms with Gasteiger partial charge < -0.3 is 9.64 Å². The van der Waals surface area contributed by atoms with Crippen molar-refractivity contribution in [3.8, 4) is 0 Å². The summed E-state index contributed by atoms with van der Waals surface area (Å²) in [5.74, 6) is -0.704. The van der Waals surface area contributed by atoms with Crippen LogP contribution in [0.25, 0.3) is 0 Å². The highest BCUT2D eigenvalue weighted by atomic mass is 35.5. The van der Waals surface area contributed by atoms with E-state index in [2.05, 4.69) is 0 Å². The molecular weight excluding hydrogens is 278 g/mol. The molecule has 5 heteroatoms. The van der Waals surface area contributed by atoms with E-state index in [1.807, 2.05) is 30.3 Å². The summed E-state index contributed by atoms with van der Waals surface area (Å²) >= 11 is 5.87. The number of hydrogen-bond acceptors (Lipinski definition) is 3. The van der Waals surface area contributed by atoms with Crippen molar-refractivity contribution in [1.82, 2.24) is 4.90 Å². The number of nitrogens with zero attached hydrogens (tertiary/aromatic N) is 1. The molecule has 0 aliphatic rings. The fourth-order valence-electron chi connectivity index (χ4n) is 1.80. The summed E-state index contributed by atoms with van der Waals surface area (Å²) in [4.78, 5) is 25.5. The van der Waals surface area contributed by atoms with Crippen LogP contribution in [0.5, 0.6) is 0 Å². The molecular formula is C15H20ClNO3. The van der Waals surface area contributed by atoms with Crippen LogP contribution in [0.2, 0.25) is 0 Å². The molecule has 1 amide bonds. The molecule has 0 saturated heterocycles. The Bertz CT molecular complexity index is 448. The molecule has 0 saturated carbocycles. The third-order valence-electron chi connectivity index (χ3n) is 2.91. The highest BCUT2D eigenvalue weighted by Gasteiger charge is 2.29. The average Bonchev–Trinajstić information content (AvgIpc) is 2.44. The Kier molecular flexibility index (Phi) is 6.52. The van der Waals surface area contributed by atoms with Crippen molar-refractivity contribution in [2.45, 2.75) is 38.7 Å². The van der Waals surface area contributed by atoms with Crippen LogP contribution in [0.15, 0.2) is 30.3 Å². The van der Waals surface area contributed by atoms with Crippen molar-refractivity contribution in [3.63, 3.8) is 0 Å². The van der Waals surface area contributed by atoms with Gasteiger partial charge in [0.1, 0.15) is 11.4 Å². The number of esters is 1. The summed E-state index contributed by atoms with van der Waals surface area (Å²) in [7, 11) is 0. The molecule has 110 valence electrons.